The van der Waals surface area contributed by atoms with Crippen molar-refractivity contribution in [1.82, 2.24) is 0 Å². The number of benzene rings is 2. The Balaban J connectivity index is 2.26. The molecule has 3 aromatic rings. The van der Waals surface area contributed by atoms with E-state index in [0.29, 0.717) is 21.6 Å². The lowest BCUT2D eigenvalue weighted by atomic mass is 10.1. The maximum atomic E-state index is 12.7. The van der Waals surface area contributed by atoms with Crippen molar-refractivity contribution in [3.05, 3.63) is 63.3 Å². The van der Waals surface area contributed by atoms with E-state index in [2.05, 4.69) is 0 Å². The molecule has 1 aromatic heterocycles. The van der Waals surface area contributed by atoms with Gasteiger partial charge in [0, 0.05) is 10.6 Å². The Morgan fingerprint density at radius 2 is 1.92 bits per heavy atom. The number of carbonyl (C=O) groups is 1. The van der Waals surface area contributed by atoms with E-state index in [9.17, 15) is 14.7 Å². The summed E-state index contributed by atoms with van der Waals surface area (Å²) in [4.78, 5) is 23.4. The predicted molar refractivity (Wildman–Crippen MR) is 88.2 cm³/mol. The van der Waals surface area contributed by atoms with Gasteiger partial charge in [0.2, 0.25) is 11.2 Å². The highest BCUT2D eigenvalue weighted by Crippen LogP contribution is 2.31. The highest BCUT2D eigenvalue weighted by Gasteiger charge is 2.18. The third kappa shape index (κ3) is 3.12. The van der Waals surface area contributed by atoms with Gasteiger partial charge in [-0.25, -0.2) is 0 Å². The summed E-state index contributed by atoms with van der Waals surface area (Å²) < 4.78 is 11.0. The van der Waals surface area contributed by atoms with E-state index in [1.54, 1.807) is 36.4 Å². The number of aliphatic carboxylic acids is 1. The topological polar surface area (TPSA) is 79.6 Å². The number of ether oxygens (including phenoxy) is 1. The normalized spacial score (nSPS) is 10.8. The molecule has 122 valence electrons. The van der Waals surface area contributed by atoms with Gasteiger partial charge >= 0.3 is 0 Å². The first-order valence-electron chi connectivity index (χ1n) is 7.12. The van der Waals surface area contributed by atoms with Crippen LogP contribution in [0.15, 0.2) is 51.7 Å². The first-order chi connectivity index (χ1) is 11.5. The van der Waals surface area contributed by atoms with Gasteiger partial charge in [-0.15, -0.1) is 0 Å². The van der Waals surface area contributed by atoms with Gasteiger partial charge in [0.1, 0.15) is 12.2 Å². The van der Waals surface area contributed by atoms with Crippen LogP contribution in [0, 0.1) is 6.92 Å². The Kier molecular flexibility index (Phi) is 4.27. The number of carboxylic acid groups (broad SMARTS) is 1. The molecule has 0 spiro atoms. The minimum absolute atomic E-state index is 0.147. The molecule has 0 aliphatic heterocycles. The summed E-state index contributed by atoms with van der Waals surface area (Å²) in [5.41, 5.74) is 1.37. The van der Waals surface area contributed by atoms with Gasteiger partial charge < -0.3 is 19.1 Å². The quantitative estimate of drug-likeness (QED) is 0.727. The minimum atomic E-state index is -1.43. The van der Waals surface area contributed by atoms with Crippen LogP contribution in [0.1, 0.15) is 5.56 Å². The summed E-state index contributed by atoms with van der Waals surface area (Å²) in [6.07, 6.45) is 0. The molecule has 5 nitrogen and oxygen atoms in total. The molecule has 0 N–H and O–H groups in total. The van der Waals surface area contributed by atoms with Gasteiger partial charge in [0.15, 0.2) is 5.76 Å². The zero-order valence-electron chi connectivity index (χ0n) is 12.7. The number of aryl methyl sites for hydroxylation is 1. The zero-order valence-corrected chi connectivity index (χ0v) is 13.4. The van der Waals surface area contributed by atoms with Gasteiger partial charge in [0.25, 0.3) is 0 Å². The predicted octanol–water partition coefficient (Wildman–Crippen LogP) is 2.55. The standard InChI is InChI=1S/C18H13ClO5/c1-10-2-7-14-13(8-10)16(22)18(23-9-15(20)21)17(24-14)11-3-5-12(19)6-4-11/h2-8H,9H2,1H3,(H,20,21)/p-1. The second-order valence-electron chi connectivity index (χ2n) is 5.26. The first-order valence-corrected chi connectivity index (χ1v) is 7.49. The van der Waals surface area contributed by atoms with Crippen LogP contribution in [0.25, 0.3) is 22.3 Å². The van der Waals surface area contributed by atoms with Crippen LogP contribution in [-0.4, -0.2) is 12.6 Å². The summed E-state index contributed by atoms with van der Waals surface area (Å²) in [6, 6.07) is 11.8. The lowest BCUT2D eigenvalue weighted by Gasteiger charge is -2.12. The monoisotopic (exact) mass is 343 g/mol. The summed E-state index contributed by atoms with van der Waals surface area (Å²) in [7, 11) is 0. The Morgan fingerprint density at radius 3 is 2.58 bits per heavy atom. The van der Waals surface area contributed by atoms with Crippen LogP contribution in [0.5, 0.6) is 5.75 Å². The molecule has 0 aliphatic rings. The van der Waals surface area contributed by atoms with Gasteiger partial charge in [0.05, 0.1) is 11.4 Å². The number of carbonyl (C=O) groups excluding carboxylic acids is 1. The molecule has 1 heterocycles. The summed E-state index contributed by atoms with van der Waals surface area (Å²) in [6.45, 7) is 1.09. The minimum Gasteiger partial charge on any atom is -0.546 e. The van der Waals surface area contributed by atoms with Crippen molar-refractivity contribution in [1.29, 1.82) is 0 Å². The summed E-state index contributed by atoms with van der Waals surface area (Å²) >= 11 is 5.88. The number of hydrogen-bond donors (Lipinski definition) is 0. The van der Waals surface area contributed by atoms with E-state index in [4.69, 9.17) is 20.8 Å². The Labute approximate surface area is 142 Å². The van der Waals surface area contributed by atoms with E-state index >= 15 is 0 Å². The van der Waals surface area contributed by atoms with Gasteiger partial charge in [-0.05, 0) is 43.3 Å². The average Bonchev–Trinajstić information content (AvgIpc) is 2.55. The Hall–Kier alpha value is -2.79. The van der Waals surface area contributed by atoms with Crippen LogP contribution < -0.4 is 15.3 Å². The molecule has 0 bridgehead atoms. The van der Waals surface area contributed by atoms with Gasteiger partial charge in [-0.2, -0.15) is 0 Å². The Bertz CT molecular complexity index is 973. The highest BCUT2D eigenvalue weighted by molar-refractivity contribution is 6.30. The number of fused-ring (bicyclic) bond motifs is 1. The number of hydrogen-bond acceptors (Lipinski definition) is 5. The zero-order chi connectivity index (χ0) is 17.3. The van der Waals surface area contributed by atoms with Crippen LogP contribution in [0.4, 0.5) is 0 Å². The molecule has 0 atom stereocenters. The largest absolute Gasteiger partial charge is 0.546 e. The van der Waals surface area contributed by atoms with Crippen molar-refractivity contribution < 1.29 is 19.1 Å². The smallest absolute Gasteiger partial charge is 0.235 e. The lowest BCUT2D eigenvalue weighted by Crippen LogP contribution is -2.30. The maximum Gasteiger partial charge on any atom is 0.235 e. The number of rotatable bonds is 4. The number of halogens is 1. The SMILES string of the molecule is Cc1ccc2oc(-c3ccc(Cl)cc3)c(OCC(=O)[O-])c(=O)c2c1. The molecule has 3 rings (SSSR count). The van der Waals surface area contributed by atoms with Gasteiger partial charge in [-0.1, -0.05) is 23.2 Å². The van der Waals surface area contributed by atoms with Crippen molar-refractivity contribution in [2.45, 2.75) is 6.92 Å². The third-order valence-corrected chi connectivity index (χ3v) is 3.70. The molecule has 24 heavy (non-hydrogen) atoms. The van der Waals surface area contributed by atoms with Crippen LogP contribution in [0.3, 0.4) is 0 Å². The van der Waals surface area contributed by atoms with Crippen molar-refractivity contribution in [2.75, 3.05) is 6.61 Å². The third-order valence-electron chi connectivity index (χ3n) is 3.44. The molecule has 0 unspecified atom stereocenters. The second kappa shape index (κ2) is 6.37. The molecule has 0 radical (unpaired) electrons. The first kappa shape index (κ1) is 16.1. The van der Waals surface area contributed by atoms with Crippen molar-refractivity contribution in [3.63, 3.8) is 0 Å². The molecular weight excluding hydrogens is 332 g/mol. The molecule has 2 aromatic carbocycles. The van der Waals surface area contributed by atoms with Crippen molar-refractivity contribution in [3.8, 4) is 17.1 Å². The van der Waals surface area contributed by atoms with E-state index in [-0.39, 0.29) is 11.5 Å². The fourth-order valence-corrected chi connectivity index (χ4v) is 2.47. The van der Waals surface area contributed by atoms with Crippen LogP contribution in [0.2, 0.25) is 5.02 Å². The molecule has 0 saturated carbocycles. The summed E-state index contributed by atoms with van der Waals surface area (Å²) in [5.74, 6) is -1.45. The van der Waals surface area contributed by atoms with E-state index in [1.165, 1.54) is 0 Å². The van der Waals surface area contributed by atoms with Gasteiger partial charge in [-0.3, -0.25) is 4.79 Å². The fourth-order valence-electron chi connectivity index (χ4n) is 2.35. The maximum absolute atomic E-state index is 12.7. The molecule has 0 aliphatic carbocycles. The van der Waals surface area contributed by atoms with Crippen molar-refractivity contribution in [2.24, 2.45) is 0 Å². The fraction of sp³-hybridized carbons (Fsp3) is 0.111. The molecule has 0 amide bonds. The van der Waals surface area contributed by atoms with E-state index in [1.807, 2.05) is 13.0 Å². The van der Waals surface area contributed by atoms with Crippen molar-refractivity contribution >= 4 is 28.5 Å². The van der Waals surface area contributed by atoms with Crippen LogP contribution >= 0.6 is 11.6 Å². The van der Waals surface area contributed by atoms with Crippen LogP contribution in [-0.2, 0) is 4.79 Å². The van der Waals surface area contributed by atoms with E-state index < -0.39 is 18.0 Å². The molecule has 6 heteroatoms. The summed E-state index contributed by atoms with van der Waals surface area (Å²) in [5, 5.41) is 11.6. The lowest BCUT2D eigenvalue weighted by molar-refractivity contribution is -0.307. The number of carboxylic acids is 1. The second-order valence-corrected chi connectivity index (χ2v) is 5.69. The molecular formula is C18H12ClO5-. The molecule has 0 saturated heterocycles. The highest BCUT2D eigenvalue weighted by atomic mass is 35.5. The molecule has 0 fully saturated rings. The average molecular weight is 344 g/mol. The van der Waals surface area contributed by atoms with E-state index in [0.717, 1.165) is 5.56 Å². The Morgan fingerprint density at radius 1 is 1.21 bits per heavy atom.